The van der Waals surface area contributed by atoms with E-state index < -0.39 is 0 Å². The Hall–Kier alpha value is -3.48. The Bertz CT molecular complexity index is 833. The number of benzene rings is 2. The summed E-state index contributed by atoms with van der Waals surface area (Å²) in [6.07, 6.45) is 3.24. The molecule has 0 saturated heterocycles. The van der Waals surface area contributed by atoms with Gasteiger partial charge in [-0.2, -0.15) is 0 Å². The normalized spacial score (nSPS) is 10.4. The van der Waals surface area contributed by atoms with Crippen LogP contribution in [0.3, 0.4) is 0 Å². The third-order valence-corrected chi connectivity index (χ3v) is 3.91. The first kappa shape index (κ1) is 20.8. The van der Waals surface area contributed by atoms with E-state index in [1.54, 1.807) is 42.5 Å². The molecule has 1 amide bonds. The minimum atomic E-state index is -0.315. The second-order valence-electron chi connectivity index (χ2n) is 5.73. The molecule has 7 heteroatoms. The average Bonchev–Trinajstić information content (AvgIpc) is 2.72. The number of ether oxygens (including phenoxy) is 4. The molecule has 2 aromatic rings. The molecule has 0 heterocycles. The molecule has 2 rings (SSSR count). The summed E-state index contributed by atoms with van der Waals surface area (Å²) in [5, 5.41) is 2.76. The highest BCUT2D eigenvalue weighted by molar-refractivity contribution is 6.02. The molecule has 0 radical (unpaired) electrons. The van der Waals surface area contributed by atoms with E-state index in [4.69, 9.17) is 14.2 Å². The molecule has 28 heavy (non-hydrogen) atoms. The van der Waals surface area contributed by atoms with Crippen molar-refractivity contribution in [2.45, 2.75) is 6.42 Å². The van der Waals surface area contributed by atoms with Gasteiger partial charge >= 0.3 is 5.97 Å². The van der Waals surface area contributed by atoms with Crippen molar-refractivity contribution >= 4 is 23.6 Å². The van der Waals surface area contributed by atoms with Crippen LogP contribution in [0.25, 0.3) is 6.08 Å². The number of anilines is 1. The fourth-order valence-corrected chi connectivity index (χ4v) is 2.50. The van der Waals surface area contributed by atoms with E-state index in [9.17, 15) is 9.59 Å². The Morgan fingerprint density at radius 3 is 2.04 bits per heavy atom. The maximum Gasteiger partial charge on any atom is 0.309 e. The summed E-state index contributed by atoms with van der Waals surface area (Å²) in [4.78, 5) is 23.4. The SMILES string of the molecule is COC(=O)Cc1ccc(NC(=O)C=Cc2cc(OC)c(OC)c(OC)c2)cc1. The summed E-state index contributed by atoms with van der Waals surface area (Å²) >= 11 is 0. The molecule has 0 bridgehead atoms. The van der Waals surface area contributed by atoms with Gasteiger partial charge in [-0.25, -0.2) is 0 Å². The molecule has 0 saturated carbocycles. The molecule has 148 valence electrons. The van der Waals surface area contributed by atoms with Gasteiger partial charge in [0, 0.05) is 11.8 Å². The number of hydrogen-bond acceptors (Lipinski definition) is 6. The van der Waals surface area contributed by atoms with E-state index in [-0.39, 0.29) is 18.3 Å². The van der Waals surface area contributed by atoms with Crippen LogP contribution < -0.4 is 19.5 Å². The van der Waals surface area contributed by atoms with Gasteiger partial charge < -0.3 is 24.3 Å². The third kappa shape index (κ3) is 5.51. The van der Waals surface area contributed by atoms with Crippen molar-refractivity contribution in [3.05, 3.63) is 53.6 Å². The van der Waals surface area contributed by atoms with E-state index in [1.165, 1.54) is 34.5 Å². The number of amides is 1. The number of carbonyl (C=O) groups excluding carboxylic acids is 2. The minimum absolute atomic E-state index is 0.186. The summed E-state index contributed by atoms with van der Waals surface area (Å²) in [5.41, 5.74) is 2.14. The Kier molecular flexibility index (Phi) is 7.45. The van der Waals surface area contributed by atoms with Gasteiger partial charge in [-0.05, 0) is 41.5 Å². The second kappa shape index (κ2) is 10.0. The van der Waals surface area contributed by atoms with Crippen LogP contribution >= 0.6 is 0 Å². The van der Waals surface area contributed by atoms with Gasteiger partial charge in [0.2, 0.25) is 11.7 Å². The first-order valence-corrected chi connectivity index (χ1v) is 8.45. The molecule has 0 unspecified atom stereocenters. The number of hydrogen-bond donors (Lipinski definition) is 1. The van der Waals surface area contributed by atoms with Crippen LogP contribution in [-0.2, 0) is 20.7 Å². The lowest BCUT2D eigenvalue weighted by Crippen LogP contribution is -2.08. The van der Waals surface area contributed by atoms with Gasteiger partial charge in [-0.1, -0.05) is 12.1 Å². The lowest BCUT2D eigenvalue weighted by Gasteiger charge is -2.12. The maximum atomic E-state index is 12.2. The van der Waals surface area contributed by atoms with Crippen LogP contribution in [-0.4, -0.2) is 40.3 Å². The molecule has 0 atom stereocenters. The van der Waals surface area contributed by atoms with Gasteiger partial charge in [0.25, 0.3) is 0 Å². The van der Waals surface area contributed by atoms with Crippen molar-refractivity contribution in [3.63, 3.8) is 0 Å². The van der Waals surface area contributed by atoms with Crippen molar-refractivity contribution in [3.8, 4) is 17.2 Å². The van der Waals surface area contributed by atoms with Crippen molar-refractivity contribution in [1.29, 1.82) is 0 Å². The number of esters is 1. The quantitative estimate of drug-likeness (QED) is 0.555. The summed E-state index contributed by atoms with van der Waals surface area (Å²) in [6, 6.07) is 10.5. The van der Waals surface area contributed by atoms with Crippen LogP contribution in [0.5, 0.6) is 17.2 Å². The maximum absolute atomic E-state index is 12.2. The molecule has 0 aliphatic heterocycles. The minimum Gasteiger partial charge on any atom is -0.493 e. The molecule has 1 N–H and O–H groups in total. The largest absolute Gasteiger partial charge is 0.493 e. The van der Waals surface area contributed by atoms with E-state index in [0.717, 1.165) is 11.1 Å². The topological polar surface area (TPSA) is 83.1 Å². The van der Waals surface area contributed by atoms with E-state index in [2.05, 4.69) is 10.1 Å². The molecule has 0 spiro atoms. The van der Waals surface area contributed by atoms with E-state index >= 15 is 0 Å². The van der Waals surface area contributed by atoms with Crippen LogP contribution in [0.2, 0.25) is 0 Å². The standard InChI is InChI=1S/C21H23NO6/c1-25-17-11-15(12-18(26-2)21(17)28-4)7-10-19(23)22-16-8-5-14(6-9-16)13-20(24)27-3/h5-12H,13H2,1-4H3,(H,22,23). The molecular formula is C21H23NO6. The highest BCUT2D eigenvalue weighted by Gasteiger charge is 2.12. The molecular weight excluding hydrogens is 362 g/mol. The molecule has 7 nitrogen and oxygen atoms in total. The molecule has 0 aromatic heterocycles. The first-order valence-electron chi connectivity index (χ1n) is 8.45. The number of methoxy groups -OCH3 is 4. The highest BCUT2D eigenvalue weighted by atomic mass is 16.5. The zero-order valence-corrected chi connectivity index (χ0v) is 16.3. The zero-order chi connectivity index (χ0) is 20.5. The van der Waals surface area contributed by atoms with Gasteiger partial charge in [-0.3, -0.25) is 9.59 Å². The summed E-state index contributed by atoms with van der Waals surface area (Å²) in [6.45, 7) is 0. The van der Waals surface area contributed by atoms with Crippen LogP contribution in [0.1, 0.15) is 11.1 Å². The zero-order valence-electron chi connectivity index (χ0n) is 16.3. The molecule has 0 aliphatic carbocycles. The third-order valence-electron chi connectivity index (χ3n) is 3.91. The van der Waals surface area contributed by atoms with Crippen molar-refractivity contribution in [2.75, 3.05) is 33.8 Å². The number of carbonyl (C=O) groups is 2. The van der Waals surface area contributed by atoms with Gasteiger partial charge in [0.05, 0.1) is 34.9 Å². The average molecular weight is 385 g/mol. The molecule has 2 aromatic carbocycles. The van der Waals surface area contributed by atoms with Crippen LogP contribution in [0.4, 0.5) is 5.69 Å². The lowest BCUT2D eigenvalue weighted by molar-refractivity contribution is -0.139. The Morgan fingerprint density at radius 1 is 0.929 bits per heavy atom. The monoisotopic (exact) mass is 385 g/mol. The second-order valence-corrected chi connectivity index (χ2v) is 5.73. The Balaban J connectivity index is 2.06. The van der Waals surface area contributed by atoms with Crippen LogP contribution in [0.15, 0.2) is 42.5 Å². The summed E-state index contributed by atoms with van der Waals surface area (Å²) < 4.78 is 20.5. The van der Waals surface area contributed by atoms with Gasteiger partial charge in [0.15, 0.2) is 11.5 Å². The van der Waals surface area contributed by atoms with Gasteiger partial charge in [0.1, 0.15) is 0 Å². The van der Waals surface area contributed by atoms with Crippen LogP contribution in [0, 0.1) is 0 Å². The Labute approximate surface area is 163 Å². The fraction of sp³-hybridized carbons (Fsp3) is 0.238. The fourth-order valence-electron chi connectivity index (χ4n) is 2.50. The van der Waals surface area contributed by atoms with Crippen molar-refractivity contribution in [1.82, 2.24) is 0 Å². The first-order chi connectivity index (χ1) is 13.5. The molecule has 0 aliphatic rings. The predicted octanol–water partition coefficient (Wildman–Crippen LogP) is 3.08. The summed E-state index contributed by atoms with van der Waals surface area (Å²) in [7, 11) is 5.93. The predicted molar refractivity (Wildman–Crippen MR) is 106 cm³/mol. The Morgan fingerprint density at radius 2 is 1.54 bits per heavy atom. The smallest absolute Gasteiger partial charge is 0.309 e. The van der Waals surface area contributed by atoms with Crippen molar-refractivity contribution in [2.24, 2.45) is 0 Å². The molecule has 0 fully saturated rings. The lowest BCUT2D eigenvalue weighted by atomic mass is 10.1. The van der Waals surface area contributed by atoms with E-state index in [0.29, 0.717) is 22.9 Å². The number of nitrogens with one attached hydrogen (secondary N) is 1. The highest BCUT2D eigenvalue weighted by Crippen LogP contribution is 2.38. The number of rotatable bonds is 8. The van der Waals surface area contributed by atoms with E-state index in [1.807, 2.05) is 0 Å². The summed E-state index contributed by atoms with van der Waals surface area (Å²) in [5.74, 6) is 0.879. The van der Waals surface area contributed by atoms with Gasteiger partial charge in [-0.15, -0.1) is 0 Å². The van der Waals surface area contributed by atoms with Crippen molar-refractivity contribution < 1.29 is 28.5 Å².